The Balaban J connectivity index is 1.88. The summed E-state index contributed by atoms with van der Waals surface area (Å²) in [5.41, 5.74) is 2.12. The molecule has 0 amide bonds. The van der Waals surface area contributed by atoms with E-state index in [1.807, 2.05) is 18.5 Å². The summed E-state index contributed by atoms with van der Waals surface area (Å²) in [6.45, 7) is 1.03. The summed E-state index contributed by atoms with van der Waals surface area (Å²) in [4.78, 5) is 8.63. The number of aromatic nitrogens is 3. The number of halogens is 1. The van der Waals surface area contributed by atoms with Crippen LogP contribution < -0.4 is 0 Å². The standard InChI is InChI=1S/C13H16ClN3/c14-8-13-16-11-9-15-6-4-12(11)17(13)7-5-10-2-1-3-10/h4,6,9-10H,1-3,5,7-8H2. The summed E-state index contributed by atoms with van der Waals surface area (Å²) in [5, 5.41) is 0. The third kappa shape index (κ3) is 2.04. The molecule has 1 saturated carbocycles. The molecule has 0 unspecified atom stereocenters. The second-order valence-electron chi connectivity index (χ2n) is 4.76. The van der Waals surface area contributed by atoms with E-state index in [2.05, 4.69) is 14.5 Å². The first kappa shape index (κ1) is 11.0. The average Bonchev–Trinajstić information content (AvgIpc) is 2.66. The molecular formula is C13H16ClN3. The van der Waals surface area contributed by atoms with Crippen molar-refractivity contribution < 1.29 is 0 Å². The lowest BCUT2D eigenvalue weighted by Gasteiger charge is -2.25. The molecule has 2 aromatic heterocycles. The van der Waals surface area contributed by atoms with E-state index in [1.54, 1.807) is 0 Å². The van der Waals surface area contributed by atoms with Gasteiger partial charge in [-0.05, 0) is 18.4 Å². The second kappa shape index (κ2) is 4.65. The van der Waals surface area contributed by atoms with Gasteiger partial charge in [-0.3, -0.25) is 4.98 Å². The fourth-order valence-corrected chi connectivity index (χ4v) is 2.68. The third-order valence-corrected chi connectivity index (χ3v) is 3.97. The van der Waals surface area contributed by atoms with Crippen molar-refractivity contribution in [3.63, 3.8) is 0 Å². The maximum Gasteiger partial charge on any atom is 0.124 e. The van der Waals surface area contributed by atoms with Crippen molar-refractivity contribution in [2.24, 2.45) is 5.92 Å². The number of aryl methyl sites for hydroxylation is 1. The molecule has 1 aliphatic carbocycles. The smallest absolute Gasteiger partial charge is 0.124 e. The molecule has 1 aliphatic rings. The number of hydrogen-bond acceptors (Lipinski definition) is 2. The monoisotopic (exact) mass is 249 g/mol. The predicted molar refractivity (Wildman–Crippen MR) is 69.0 cm³/mol. The Labute approximate surface area is 106 Å². The van der Waals surface area contributed by atoms with Crippen molar-refractivity contribution in [1.29, 1.82) is 0 Å². The molecule has 1 fully saturated rings. The Morgan fingerprint density at radius 2 is 2.29 bits per heavy atom. The van der Waals surface area contributed by atoms with Crippen LogP contribution in [0.5, 0.6) is 0 Å². The molecule has 0 spiro atoms. The maximum absolute atomic E-state index is 5.96. The minimum atomic E-state index is 0.472. The average molecular weight is 250 g/mol. The van der Waals surface area contributed by atoms with Crippen LogP contribution in [0, 0.1) is 5.92 Å². The zero-order valence-corrected chi connectivity index (χ0v) is 10.5. The van der Waals surface area contributed by atoms with Gasteiger partial charge in [-0.25, -0.2) is 4.98 Å². The quantitative estimate of drug-likeness (QED) is 0.778. The first-order valence-corrected chi connectivity index (χ1v) is 6.77. The Morgan fingerprint density at radius 3 is 3.00 bits per heavy atom. The summed E-state index contributed by atoms with van der Waals surface area (Å²) in [5.74, 6) is 2.35. The molecule has 90 valence electrons. The molecule has 0 aromatic carbocycles. The number of nitrogens with zero attached hydrogens (tertiary/aromatic N) is 3. The highest BCUT2D eigenvalue weighted by Crippen LogP contribution is 2.30. The van der Waals surface area contributed by atoms with Crippen molar-refractivity contribution in [3.05, 3.63) is 24.3 Å². The molecule has 17 heavy (non-hydrogen) atoms. The summed E-state index contributed by atoms with van der Waals surface area (Å²) >= 11 is 5.96. The normalized spacial score (nSPS) is 16.3. The number of pyridine rings is 1. The first-order valence-electron chi connectivity index (χ1n) is 6.23. The first-order chi connectivity index (χ1) is 8.38. The van der Waals surface area contributed by atoms with Gasteiger partial charge in [0.15, 0.2) is 0 Å². The van der Waals surface area contributed by atoms with Crippen molar-refractivity contribution in [2.45, 2.75) is 38.1 Å². The van der Waals surface area contributed by atoms with Crippen LogP contribution in [0.3, 0.4) is 0 Å². The zero-order chi connectivity index (χ0) is 11.7. The largest absolute Gasteiger partial charge is 0.327 e. The van der Waals surface area contributed by atoms with Gasteiger partial charge in [0.25, 0.3) is 0 Å². The summed E-state index contributed by atoms with van der Waals surface area (Å²) in [6.07, 6.45) is 9.07. The molecule has 0 aliphatic heterocycles. The molecule has 2 aromatic rings. The minimum absolute atomic E-state index is 0.472. The van der Waals surface area contributed by atoms with E-state index in [1.165, 1.54) is 25.7 Å². The van der Waals surface area contributed by atoms with Crippen LogP contribution in [0.1, 0.15) is 31.5 Å². The van der Waals surface area contributed by atoms with Crippen molar-refractivity contribution in [3.8, 4) is 0 Å². The van der Waals surface area contributed by atoms with Crippen molar-refractivity contribution >= 4 is 22.6 Å². The third-order valence-electron chi connectivity index (χ3n) is 3.73. The van der Waals surface area contributed by atoms with Crippen molar-refractivity contribution in [2.75, 3.05) is 0 Å². The van der Waals surface area contributed by atoms with E-state index in [0.717, 1.165) is 29.3 Å². The van der Waals surface area contributed by atoms with Crippen LogP contribution in [-0.2, 0) is 12.4 Å². The number of alkyl halides is 1. The lowest BCUT2D eigenvalue weighted by Crippen LogP contribution is -2.14. The van der Waals surface area contributed by atoms with Crippen LogP contribution in [0.4, 0.5) is 0 Å². The maximum atomic E-state index is 5.96. The van der Waals surface area contributed by atoms with Crippen LogP contribution in [0.15, 0.2) is 18.5 Å². The minimum Gasteiger partial charge on any atom is -0.327 e. The van der Waals surface area contributed by atoms with Crippen molar-refractivity contribution in [1.82, 2.24) is 14.5 Å². The highest BCUT2D eigenvalue weighted by Gasteiger charge is 2.18. The van der Waals surface area contributed by atoms with Gasteiger partial charge in [0, 0.05) is 12.7 Å². The van der Waals surface area contributed by atoms with E-state index < -0.39 is 0 Å². The molecule has 4 heteroatoms. The number of hydrogen-bond donors (Lipinski definition) is 0. The van der Waals surface area contributed by atoms with E-state index in [4.69, 9.17) is 11.6 Å². The molecule has 3 rings (SSSR count). The number of rotatable bonds is 4. The highest BCUT2D eigenvalue weighted by atomic mass is 35.5. The molecule has 0 atom stereocenters. The lowest BCUT2D eigenvalue weighted by molar-refractivity contribution is 0.282. The van der Waals surface area contributed by atoms with Crippen LogP contribution in [0.2, 0.25) is 0 Å². The highest BCUT2D eigenvalue weighted by molar-refractivity contribution is 6.16. The van der Waals surface area contributed by atoms with Gasteiger partial charge in [-0.2, -0.15) is 0 Å². The molecule has 0 bridgehead atoms. The summed E-state index contributed by atoms with van der Waals surface area (Å²) in [7, 11) is 0. The van der Waals surface area contributed by atoms with E-state index >= 15 is 0 Å². The van der Waals surface area contributed by atoms with Crippen LogP contribution in [-0.4, -0.2) is 14.5 Å². The molecule has 0 N–H and O–H groups in total. The second-order valence-corrected chi connectivity index (χ2v) is 5.03. The fraction of sp³-hybridized carbons (Fsp3) is 0.538. The zero-order valence-electron chi connectivity index (χ0n) is 9.77. The molecule has 2 heterocycles. The summed E-state index contributed by atoms with van der Waals surface area (Å²) < 4.78 is 2.25. The number of imidazole rings is 1. The van der Waals surface area contributed by atoms with Gasteiger partial charge in [-0.15, -0.1) is 11.6 Å². The van der Waals surface area contributed by atoms with Gasteiger partial charge in [-0.1, -0.05) is 19.3 Å². The van der Waals surface area contributed by atoms with Gasteiger partial charge >= 0.3 is 0 Å². The van der Waals surface area contributed by atoms with E-state index in [-0.39, 0.29) is 0 Å². The lowest BCUT2D eigenvalue weighted by atomic mass is 9.83. The topological polar surface area (TPSA) is 30.7 Å². The fourth-order valence-electron chi connectivity index (χ4n) is 2.48. The Kier molecular flexibility index (Phi) is 3.02. The Hall–Kier alpha value is -1.09. The molecule has 0 saturated heterocycles. The van der Waals surface area contributed by atoms with Gasteiger partial charge in [0.1, 0.15) is 11.3 Å². The Bertz CT molecular complexity index is 516. The SMILES string of the molecule is ClCc1nc2cnccc2n1CCC1CCC1. The van der Waals surface area contributed by atoms with Crippen LogP contribution >= 0.6 is 11.6 Å². The van der Waals surface area contributed by atoms with Gasteiger partial charge < -0.3 is 4.57 Å². The van der Waals surface area contributed by atoms with E-state index in [9.17, 15) is 0 Å². The Morgan fingerprint density at radius 1 is 1.41 bits per heavy atom. The molecular weight excluding hydrogens is 234 g/mol. The summed E-state index contributed by atoms with van der Waals surface area (Å²) in [6, 6.07) is 2.03. The van der Waals surface area contributed by atoms with Crippen LogP contribution in [0.25, 0.3) is 11.0 Å². The van der Waals surface area contributed by atoms with Gasteiger partial charge in [0.2, 0.25) is 0 Å². The van der Waals surface area contributed by atoms with Gasteiger partial charge in [0.05, 0.1) is 17.6 Å². The predicted octanol–water partition coefficient (Wildman–Crippen LogP) is 3.36. The molecule has 3 nitrogen and oxygen atoms in total. The number of fused-ring (bicyclic) bond motifs is 1. The molecule has 0 radical (unpaired) electrons. The van der Waals surface area contributed by atoms with E-state index in [0.29, 0.717) is 5.88 Å².